The molecule has 1 saturated heterocycles. The highest BCUT2D eigenvalue weighted by atomic mass is 16.5. The molecule has 6 nitrogen and oxygen atoms in total. The molecular formula is C15H28N2O4. The van der Waals surface area contributed by atoms with Crippen LogP contribution in [0, 0.1) is 5.92 Å². The van der Waals surface area contributed by atoms with Gasteiger partial charge in [-0.05, 0) is 25.3 Å². The summed E-state index contributed by atoms with van der Waals surface area (Å²) in [5.74, 6) is -0.271. The number of hydrogen-bond donors (Lipinski definition) is 2. The van der Waals surface area contributed by atoms with Crippen LogP contribution in [-0.2, 0) is 14.3 Å². The van der Waals surface area contributed by atoms with Gasteiger partial charge in [-0.25, -0.2) is 0 Å². The summed E-state index contributed by atoms with van der Waals surface area (Å²) in [6.45, 7) is 4.18. The van der Waals surface area contributed by atoms with Crippen molar-refractivity contribution < 1.29 is 19.4 Å². The van der Waals surface area contributed by atoms with Crippen LogP contribution in [0.5, 0.6) is 0 Å². The molecule has 0 aliphatic carbocycles. The lowest BCUT2D eigenvalue weighted by atomic mass is 9.94. The smallest absolute Gasteiger partial charge is 0.306 e. The van der Waals surface area contributed by atoms with Gasteiger partial charge >= 0.3 is 5.97 Å². The molecule has 1 heterocycles. The monoisotopic (exact) mass is 300 g/mol. The van der Waals surface area contributed by atoms with E-state index in [0.717, 1.165) is 25.7 Å². The van der Waals surface area contributed by atoms with E-state index < -0.39 is 5.97 Å². The van der Waals surface area contributed by atoms with Crippen molar-refractivity contribution in [2.75, 3.05) is 26.2 Å². The highest BCUT2D eigenvalue weighted by Gasteiger charge is 2.26. The van der Waals surface area contributed by atoms with Crippen molar-refractivity contribution in [1.29, 1.82) is 0 Å². The number of amides is 1. The molecule has 0 bridgehead atoms. The van der Waals surface area contributed by atoms with Gasteiger partial charge in [0.15, 0.2) is 0 Å². The summed E-state index contributed by atoms with van der Waals surface area (Å²) >= 11 is 0. The third-order valence-corrected chi connectivity index (χ3v) is 3.93. The fourth-order valence-electron chi connectivity index (χ4n) is 2.83. The third kappa shape index (κ3) is 6.91. The summed E-state index contributed by atoms with van der Waals surface area (Å²) in [5, 5.41) is 8.79. The van der Waals surface area contributed by atoms with Crippen LogP contribution in [0.3, 0.4) is 0 Å². The highest BCUT2D eigenvalue weighted by Crippen LogP contribution is 2.18. The van der Waals surface area contributed by atoms with Gasteiger partial charge in [0, 0.05) is 19.5 Å². The molecule has 0 aromatic carbocycles. The topological polar surface area (TPSA) is 92.9 Å². The summed E-state index contributed by atoms with van der Waals surface area (Å²) in [4.78, 5) is 24.7. The van der Waals surface area contributed by atoms with Gasteiger partial charge in [-0.15, -0.1) is 0 Å². The number of morpholine rings is 1. The number of nitrogens with two attached hydrogens (primary N) is 1. The van der Waals surface area contributed by atoms with Crippen molar-refractivity contribution in [1.82, 2.24) is 4.90 Å². The Bertz CT molecular complexity index is 330. The number of ether oxygens (including phenoxy) is 1. The first-order valence-electron chi connectivity index (χ1n) is 7.88. The number of carbonyl (C=O) groups is 2. The summed E-state index contributed by atoms with van der Waals surface area (Å²) in [5.41, 5.74) is 5.61. The Morgan fingerprint density at radius 2 is 2.14 bits per heavy atom. The average molecular weight is 300 g/mol. The van der Waals surface area contributed by atoms with Gasteiger partial charge in [0.05, 0.1) is 19.1 Å². The Morgan fingerprint density at radius 3 is 2.76 bits per heavy atom. The second kappa shape index (κ2) is 9.73. The molecule has 122 valence electrons. The van der Waals surface area contributed by atoms with E-state index in [-0.39, 0.29) is 18.4 Å². The van der Waals surface area contributed by atoms with Crippen molar-refractivity contribution >= 4 is 11.9 Å². The maximum absolute atomic E-state index is 12.2. The van der Waals surface area contributed by atoms with Crippen LogP contribution < -0.4 is 5.73 Å². The number of hydrogen-bond acceptors (Lipinski definition) is 4. The van der Waals surface area contributed by atoms with Crippen molar-refractivity contribution in [3.05, 3.63) is 0 Å². The molecule has 3 N–H and O–H groups in total. The first-order chi connectivity index (χ1) is 10.1. The molecule has 2 atom stereocenters. The Balaban J connectivity index is 2.37. The number of aliphatic carboxylic acids is 1. The quantitative estimate of drug-likeness (QED) is 0.668. The zero-order chi connectivity index (χ0) is 15.7. The molecule has 1 amide bonds. The SMILES string of the molecule is CCCC(CCN)CCC(=O)N1CCOC(CC(=O)O)C1. The van der Waals surface area contributed by atoms with Crippen LogP contribution in [0.2, 0.25) is 0 Å². The maximum Gasteiger partial charge on any atom is 0.306 e. The number of carboxylic acid groups (broad SMARTS) is 1. The minimum Gasteiger partial charge on any atom is -0.481 e. The Hall–Kier alpha value is -1.14. The third-order valence-electron chi connectivity index (χ3n) is 3.93. The van der Waals surface area contributed by atoms with Crippen LogP contribution in [0.25, 0.3) is 0 Å². The van der Waals surface area contributed by atoms with E-state index in [1.165, 1.54) is 0 Å². The zero-order valence-corrected chi connectivity index (χ0v) is 12.9. The van der Waals surface area contributed by atoms with Gasteiger partial charge in [-0.2, -0.15) is 0 Å². The lowest BCUT2D eigenvalue weighted by molar-refractivity contribution is -0.147. The Morgan fingerprint density at radius 1 is 1.38 bits per heavy atom. The molecule has 1 aliphatic rings. The molecule has 1 fully saturated rings. The van der Waals surface area contributed by atoms with Crippen LogP contribution in [0.15, 0.2) is 0 Å². The summed E-state index contributed by atoms with van der Waals surface area (Å²) < 4.78 is 5.38. The molecule has 2 unspecified atom stereocenters. The summed E-state index contributed by atoms with van der Waals surface area (Å²) in [6.07, 6.45) is 4.14. The Labute approximate surface area is 126 Å². The van der Waals surface area contributed by atoms with Gasteiger partial charge in [-0.3, -0.25) is 9.59 Å². The number of nitrogens with zero attached hydrogens (tertiary/aromatic N) is 1. The second-order valence-electron chi connectivity index (χ2n) is 5.70. The molecule has 1 rings (SSSR count). The largest absolute Gasteiger partial charge is 0.481 e. The van der Waals surface area contributed by atoms with Crippen molar-refractivity contribution in [2.45, 2.75) is 51.6 Å². The molecule has 21 heavy (non-hydrogen) atoms. The van der Waals surface area contributed by atoms with Gasteiger partial charge in [0.2, 0.25) is 5.91 Å². The molecule has 0 radical (unpaired) electrons. The fourth-order valence-corrected chi connectivity index (χ4v) is 2.83. The number of carbonyl (C=O) groups excluding carboxylic acids is 1. The fraction of sp³-hybridized carbons (Fsp3) is 0.867. The predicted molar refractivity (Wildman–Crippen MR) is 79.9 cm³/mol. The molecule has 0 aromatic rings. The van der Waals surface area contributed by atoms with Crippen molar-refractivity contribution in [3.63, 3.8) is 0 Å². The predicted octanol–water partition coefficient (Wildman–Crippen LogP) is 1.23. The van der Waals surface area contributed by atoms with Crippen LogP contribution >= 0.6 is 0 Å². The minimum atomic E-state index is -0.889. The lowest BCUT2D eigenvalue weighted by Crippen LogP contribution is -2.46. The normalized spacial score (nSPS) is 20.3. The lowest BCUT2D eigenvalue weighted by Gasteiger charge is -2.32. The molecular weight excluding hydrogens is 272 g/mol. The zero-order valence-electron chi connectivity index (χ0n) is 12.9. The summed E-state index contributed by atoms with van der Waals surface area (Å²) in [7, 11) is 0. The molecule has 0 spiro atoms. The van der Waals surface area contributed by atoms with Crippen LogP contribution in [-0.4, -0.2) is 54.2 Å². The molecule has 1 aliphatic heterocycles. The molecule has 0 saturated carbocycles. The number of carboxylic acids is 1. The van der Waals surface area contributed by atoms with Crippen LogP contribution in [0.1, 0.15) is 45.4 Å². The number of rotatable bonds is 9. The minimum absolute atomic E-state index is 0.0462. The van der Waals surface area contributed by atoms with E-state index in [2.05, 4.69) is 6.92 Å². The van der Waals surface area contributed by atoms with Crippen molar-refractivity contribution in [3.8, 4) is 0 Å². The molecule has 6 heteroatoms. The van der Waals surface area contributed by atoms with E-state index in [1.807, 2.05) is 0 Å². The van der Waals surface area contributed by atoms with Gasteiger partial charge in [0.25, 0.3) is 0 Å². The maximum atomic E-state index is 12.2. The van der Waals surface area contributed by atoms with Crippen LogP contribution in [0.4, 0.5) is 0 Å². The van der Waals surface area contributed by atoms with Crippen molar-refractivity contribution in [2.24, 2.45) is 11.7 Å². The van der Waals surface area contributed by atoms with Gasteiger partial charge in [-0.1, -0.05) is 19.8 Å². The standard InChI is InChI=1S/C15H28N2O4/c1-2-3-12(6-7-16)4-5-14(18)17-8-9-21-13(11-17)10-15(19)20/h12-13H,2-11,16H2,1H3,(H,19,20). The van der Waals surface area contributed by atoms with E-state index in [9.17, 15) is 9.59 Å². The average Bonchev–Trinajstić information content (AvgIpc) is 2.44. The van der Waals surface area contributed by atoms with E-state index in [1.54, 1.807) is 4.90 Å². The highest BCUT2D eigenvalue weighted by molar-refractivity contribution is 5.76. The van der Waals surface area contributed by atoms with Gasteiger partial charge < -0.3 is 20.5 Å². The first-order valence-corrected chi connectivity index (χ1v) is 7.88. The van der Waals surface area contributed by atoms with E-state index in [4.69, 9.17) is 15.6 Å². The summed E-state index contributed by atoms with van der Waals surface area (Å²) in [6, 6.07) is 0. The van der Waals surface area contributed by atoms with E-state index >= 15 is 0 Å². The second-order valence-corrected chi connectivity index (χ2v) is 5.70. The van der Waals surface area contributed by atoms with Gasteiger partial charge in [0.1, 0.15) is 0 Å². The Kier molecular flexibility index (Phi) is 8.30. The van der Waals surface area contributed by atoms with E-state index in [0.29, 0.717) is 38.6 Å². The first kappa shape index (κ1) is 17.9. The molecule has 0 aromatic heterocycles.